The number of guanidine groups is 1. The van der Waals surface area contributed by atoms with Crippen LogP contribution in [0.1, 0.15) is 11.3 Å². The third-order valence-electron chi connectivity index (χ3n) is 3.03. The van der Waals surface area contributed by atoms with E-state index in [0.29, 0.717) is 24.8 Å². The summed E-state index contributed by atoms with van der Waals surface area (Å²) in [6, 6.07) is 11.0. The van der Waals surface area contributed by atoms with Crippen LogP contribution >= 0.6 is 0 Å². The van der Waals surface area contributed by atoms with Gasteiger partial charge < -0.3 is 25.5 Å². The highest BCUT2D eigenvalue weighted by Gasteiger charge is 2.00. The summed E-state index contributed by atoms with van der Waals surface area (Å²) in [6.45, 7) is 0.943. The number of hydrogen-bond donors (Lipinski definition) is 3. The van der Waals surface area contributed by atoms with Crippen LogP contribution in [-0.4, -0.2) is 25.5 Å². The van der Waals surface area contributed by atoms with E-state index in [2.05, 4.69) is 15.6 Å². The molecule has 0 saturated carbocycles. The van der Waals surface area contributed by atoms with Gasteiger partial charge in [-0.05, 0) is 29.8 Å². The third kappa shape index (κ3) is 5.74. The summed E-state index contributed by atoms with van der Waals surface area (Å²) in [5.74, 6) is 1.60. The second-order valence-corrected chi connectivity index (χ2v) is 4.74. The first-order chi connectivity index (χ1) is 11.2. The van der Waals surface area contributed by atoms with E-state index in [9.17, 15) is 4.79 Å². The van der Waals surface area contributed by atoms with Crippen LogP contribution in [0.4, 0.5) is 0 Å². The Kier molecular flexibility index (Phi) is 6.05. The highest BCUT2D eigenvalue weighted by atomic mass is 16.5. The van der Waals surface area contributed by atoms with Gasteiger partial charge >= 0.3 is 0 Å². The molecule has 0 radical (unpaired) electrons. The quantitative estimate of drug-likeness (QED) is 0.522. The molecule has 0 saturated heterocycles. The Bertz CT molecular complexity index is 636. The predicted octanol–water partition coefficient (Wildman–Crippen LogP) is 1.01. The third-order valence-corrected chi connectivity index (χ3v) is 3.03. The van der Waals surface area contributed by atoms with E-state index in [1.54, 1.807) is 25.4 Å². The molecule has 0 atom stereocenters. The van der Waals surface area contributed by atoms with Gasteiger partial charge in [-0.25, -0.2) is 4.99 Å². The van der Waals surface area contributed by atoms with E-state index in [4.69, 9.17) is 14.9 Å². The maximum atomic E-state index is 11.1. The van der Waals surface area contributed by atoms with Crippen LogP contribution in [0.25, 0.3) is 0 Å². The number of aliphatic imine (C=N–C) groups is 1. The molecule has 1 aromatic heterocycles. The molecule has 2 rings (SSSR count). The van der Waals surface area contributed by atoms with Crippen molar-refractivity contribution in [2.45, 2.75) is 13.1 Å². The van der Waals surface area contributed by atoms with Crippen molar-refractivity contribution in [2.75, 3.05) is 13.7 Å². The molecule has 7 heteroatoms. The molecule has 0 aliphatic heterocycles. The molecule has 4 N–H and O–H groups in total. The van der Waals surface area contributed by atoms with Crippen LogP contribution in [0, 0.1) is 0 Å². The van der Waals surface area contributed by atoms with Gasteiger partial charge in [0.05, 0.1) is 19.4 Å². The molecule has 2 aromatic rings. The Balaban J connectivity index is 1.78. The van der Waals surface area contributed by atoms with E-state index >= 15 is 0 Å². The first-order valence-corrected chi connectivity index (χ1v) is 7.16. The number of rotatable bonds is 7. The monoisotopic (exact) mass is 316 g/mol. The standard InChI is InChI=1S/C16H20N4O3/c1-18-15(21)11-23-13-6-4-12(5-7-13)9-19-16(17)20-10-14-3-2-8-22-14/h2-8H,9-11H2,1H3,(H,18,21)(H3,17,19,20). The van der Waals surface area contributed by atoms with Gasteiger partial charge in [0, 0.05) is 7.05 Å². The SMILES string of the molecule is CNC(=O)COc1ccc(CN=C(N)NCc2ccco2)cc1. The van der Waals surface area contributed by atoms with Crippen molar-refractivity contribution >= 4 is 11.9 Å². The number of likely N-dealkylation sites (N-methyl/N-ethyl adjacent to an activating group) is 1. The summed E-state index contributed by atoms with van der Waals surface area (Å²) in [4.78, 5) is 15.3. The molecule has 0 unspecified atom stereocenters. The maximum Gasteiger partial charge on any atom is 0.257 e. The summed E-state index contributed by atoms with van der Waals surface area (Å²) < 4.78 is 10.5. The van der Waals surface area contributed by atoms with E-state index in [-0.39, 0.29) is 12.5 Å². The summed E-state index contributed by atoms with van der Waals surface area (Å²) in [6.07, 6.45) is 1.61. The number of benzene rings is 1. The van der Waals surface area contributed by atoms with Crippen molar-refractivity contribution < 1.29 is 13.9 Å². The molecule has 23 heavy (non-hydrogen) atoms. The number of nitrogens with zero attached hydrogens (tertiary/aromatic N) is 1. The van der Waals surface area contributed by atoms with E-state index in [1.165, 1.54) is 0 Å². The predicted molar refractivity (Wildman–Crippen MR) is 86.9 cm³/mol. The Hall–Kier alpha value is -2.96. The van der Waals surface area contributed by atoms with Crippen LogP contribution in [0.15, 0.2) is 52.1 Å². The smallest absolute Gasteiger partial charge is 0.257 e. The average molecular weight is 316 g/mol. The summed E-state index contributed by atoms with van der Waals surface area (Å²) >= 11 is 0. The van der Waals surface area contributed by atoms with Gasteiger partial charge in [-0.15, -0.1) is 0 Å². The maximum absolute atomic E-state index is 11.1. The molecule has 122 valence electrons. The molecule has 0 bridgehead atoms. The first-order valence-electron chi connectivity index (χ1n) is 7.16. The molecule has 0 fully saturated rings. The molecule has 0 aliphatic rings. The van der Waals surface area contributed by atoms with Gasteiger partial charge in [0.25, 0.3) is 5.91 Å². The zero-order valence-electron chi connectivity index (χ0n) is 12.9. The number of nitrogens with two attached hydrogens (primary N) is 1. The molecule has 1 aromatic carbocycles. The van der Waals surface area contributed by atoms with Gasteiger partial charge in [-0.1, -0.05) is 12.1 Å². The average Bonchev–Trinajstić information content (AvgIpc) is 3.10. The number of amides is 1. The van der Waals surface area contributed by atoms with Crippen molar-refractivity contribution in [1.29, 1.82) is 0 Å². The first kappa shape index (κ1) is 16.4. The summed E-state index contributed by atoms with van der Waals surface area (Å²) in [5.41, 5.74) is 6.78. The van der Waals surface area contributed by atoms with Crippen molar-refractivity contribution in [3.05, 3.63) is 54.0 Å². The molecular weight excluding hydrogens is 296 g/mol. The van der Waals surface area contributed by atoms with Crippen molar-refractivity contribution in [1.82, 2.24) is 10.6 Å². The normalized spacial score (nSPS) is 11.1. The largest absolute Gasteiger partial charge is 0.484 e. The van der Waals surface area contributed by atoms with Gasteiger partial charge in [0.15, 0.2) is 12.6 Å². The van der Waals surface area contributed by atoms with Crippen LogP contribution in [0.2, 0.25) is 0 Å². The van der Waals surface area contributed by atoms with Crippen molar-refractivity contribution in [3.63, 3.8) is 0 Å². The second-order valence-electron chi connectivity index (χ2n) is 4.74. The van der Waals surface area contributed by atoms with Gasteiger partial charge in [0.1, 0.15) is 11.5 Å². The Labute approximate surface area is 134 Å². The molecule has 0 spiro atoms. The number of ether oxygens (including phenoxy) is 1. The minimum Gasteiger partial charge on any atom is -0.484 e. The molecule has 7 nitrogen and oxygen atoms in total. The lowest BCUT2D eigenvalue weighted by molar-refractivity contribution is -0.122. The van der Waals surface area contributed by atoms with E-state index in [1.807, 2.05) is 24.3 Å². The van der Waals surface area contributed by atoms with Crippen molar-refractivity contribution in [3.8, 4) is 5.75 Å². The highest BCUT2D eigenvalue weighted by molar-refractivity contribution is 5.77. The molecular formula is C16H20N4O3. The number of hydrogen-bond acceptors (Lipinski definition) is 4. The van der Waals surface area contributed by atoms with Crippen molar-refractivity contribution in [2.24, 2.45) is 10.7 Å². The number of carbonyl (C=O) groups excluding carboxylic acids is 1. The van der Waals surface area contributed by atoms with E-state index < -0.39 is 0 Å². The zero-order valence-corrected chi connectivity index (χ0v) is 12.9. The second kappa shape index (κ2) is 8.47. The van der Waals surface area contributed by atoms with Crippen LogP contribution in [0.3, 0.4) is 0 Å². The van der Waals surface area contributed by atoms with Gasteiger partial charge in [-0.3, -0.25) is 4.79 Å². The lowest BCUT2D eigenvalue weighted by Crippen LogP contribution is -2.30. The van der Waals surface area contributed by atoms with Crippen LogP contribution in [-0.2, 0) is 17.9 Å². The molecule has 1 heterocycles. The molecule has 1 amide bonds. The van der Waals surface area contributed by atoms with E-state index in [0.717, 1.165) is 11.3 Å². The number of furan rings is 1. The Morgan fingerprint density at radius 2 is 2.09 bits per heavy atom. The fraction of sp³-hybridized carbons (Fsp3) is 0.250. The van der Waals surface area contributed by atoms with Gasteiger partial charge in [-0.2, -0.15) is 0 Å². The minimum absolute atomic E-state index is 0.00233. The van der Waals surface area contributed by atoms with Crippen LogP contribution < -0.4 is 21.1 Å². The highest BCUT2D eigenvalue weighted by Crippen LogP contribution is 2.12. The molecule has 0 aliphatic carbocycles. The Morgan fingerprint density at radius 3 is 2.74 bits per heavy atom. The summed E-state index contributed by atoms with van der Waals surface area (Å²) in [7, 11) is 1.57. The van der Waals surface area contributed by atoms with Gasteiger partial charge in [0.2, 0.25) is 0 Å². The fourth-order valence-electron chi connectivity index (χ4n) is 1.74. The summed E-state index contributed by atoms with van der Waals surface area (Å²) in [5, 5.41) is 5.46. The lowest BCUT2D eigenvalue weighted by atomic mass is 10.2. The van der Waals surface area contributed by atoms with Crippen LogP contribution in [0.5, 0.6) is 5.75 Å². The Morgan fingerprint density at radius 1 is 1.30 bits per heavy atom. The fourth-order valence-corrected chi connectivity index (χ4v) is 1.74. The minimum atomic E-state index is -0.172. The number of nitrogens with one attached hydrogen (secondary N) is 2. The zero-order chi connectivity index (χ0) is 16.5. The number of carbonyl (C=O) groups is 1. The lowest BCUT2D eigenvalue weighted by Gasteiger charge is -2.06. The topological polar surface area (TPSA) is 102 Å².